The van der Waals surface area contributed by atoms with Gasteiger partial charge in [0.1, 0.15) is 0 Å². The molecule has 0 aromatic heterocycles. The Labute approximate surface area is 152 Å². The molecule has 2 unspecified atom stereocenters. The van der Waals surface area contributed by atoms with Crippen LogP contribution in [-0.4, -0.2) is 18.2 Å². The van der Waals surface area contributed by atoms with E-state index in [1.54, 1.807) is 0 Å². The molecule has 0 saturated carbocycles. The summed E-state index contributed by atoms with van der Waals surface area (Å²) in [4.78, 5) is 0. The normalized spacial score (nSPS) is 14.8. The van der Waals surface area contributed by atoms with Crippen LogP contribution >= 0.6 is 0 Å². The van der Waals surface area contributed by atoms with Gasteiger partial charge in [0.25, 0.3) is 0 Å². The Bertz CT molecular complexity index is 632. The molecule has 134 valence electrons. The minimum absolute atomic E-state index is 0.331. The number of fused-ring (bicyclic) bond motifs is 2. The Hall–Kier alpha value is -1.64. The predicted molar refractivity (Wildman–Crippen MR) is 105 cm³/mol. The largest absolute Gasteiger partial charge is 0.388 e. The van der Waals surface area contributed by atoms with E-state index in [-0.39, 0.29) is 6.10 Å². The first-order valence-corrected chi connectivity index (χ1v) is 9.80. The van der Waals surface area contributed by atoms with Crippen molar-refractivity contribution in [2.24, 2.45) is 5.92 Å². The number of nitrogens with one attached hydrogen (secondary N) is 1. The van der Waals surface area contributed by atoms with Gasteiger partial charge in [-0.25, -0.2) is 0 Å². The predicted octanol–water partition coefficient (Wildman–Crippen LogP) is 4.65. The zero-order valence-electron chi connectivity index (χ0n) is 15.4. The van der Waals surface area contributed by atoms with Crippen molar-refractivity contribution in [1.82, 2.24) is 5.32 Å². The molecule has 2 heteroatoms. The van der Waals surface area contributed by atoms with Gasteiger partial charge in [-0.2, -0.15) is 0 Å². The molecule has 2 atom stereocenters. The summed E-state index contributed by atoms with van der Waals surface area (Å²) in [6.45, 7) is 4.19. The zero-order valence-corrected chi connectivity index (χ0v) is 15.4. The molecule has 0 fully saturated rings. The third kappa shape index (κ3) is 5.42. The summed E-state index contributed by atoms with van der Waals surface area (Å²) in [6.07, 6.45) is 6.47. The van der Waals surface area contributed by atoms with E-state index in [9.17, 15) is 5.11 Å². The van der Waals surface area contributed by atoms with E-state index in [2.05, 4.69) is 60.8 Å². The molecule has 2 aromatic rings. The Morgan fingerprint density at radius 1 is 0.960 bits per heavy atom. The van der Waals surface area contributed by atoms with E-state index in [1.807, 2.05) is 0 Å². The highest BCUT2D eigenvalue weighted by Gasteiger charge is 2.15. The molecule has 0 saturated heterocycles. The van der Waals surface area contributed by atoms with Gasteiger partial charge < -0.3 is 10.4 Å². The van der Waals surface area contributed by atoms with Gasteiger partial charge in [0, 0.05) is 0 Å². The maximum atomic E-state index is 10.3. The summed E-state index contributed by atoms with van der Waals surface area (Å²) in [7, 11) is 0. The van der Waals surface area contributed by atoms with Crippen LogP contribution in [0.15, 0.2) is 48.5 Å². The standard InChI is InChI=1S/C23H31NO/c1-2-6-18(13-19-7-4-3-5-8-19)9-11-24-12-10-23(25)22-16-20-14-21(15-20)17-22/h3-5,7-8,14,16-18,23-25H,2,6,9-13,15H2,1H3. The molecule has 2 nitrogen and oxygen atoms in total. The monoisotopic (exact) mass is 337 g/mol. The highest BCUT2D eigenvalue weighted by atomic mass is 16.3. The fourth-order valence-corrected chi connectivity index (χ4v) is 3.83. The summed E-state index contributed by atoms with van der Waals surface area (Å²) in [5, 5.41) is 13.8. The number of aliphatic hydroxyl groups is 1. The molecule has 2 aliphatic rings. The molecule has 2 aromatic carbocycles. The fourth-order valence-electron chi connectivity index (χ4n) is 3.83. The van der Waals surface area contributed by atoms with Gasteiger partial charge in [0.15, 0.2) is 0 Å². The van der Waals surface area contributed by atoms with Crippen molar-refractivity contribution >= 4 is 0 Å². The molecule has 2 aliphatic carbocycles. The van der Waals surface area contributed by atoms with Crippen molar-refractivity contribution in [3.63, 3.8) is 0 Å². The van der Waals surface area contributed by atoms with Gasteiger partial charge in [-0.15, -0.1) is 0 Å². The third-order valence-electron chi connectivity index (χ3n) is 5.26. The summed E-state index contributed by atoms with van der Waals surface area (Å²) in [5.74, 6) is 0.745. The van der Waals surface area contributed by atoms with Gasteiger partial charge in [-0.05, 0) is 66.9 Å². The van der Waals surface area contributed by atoms with Crippen molar-refractivity contribution in [2.45, 2.75) is 51.6 Å². The van der Waals surface area contributed by atoms with E-state index in [1.165, 1.54) is 42.4 Å². The molecule has 2 N–H and O–H groups in total. The first-order chi connectivity index (χ1) is 12.2. The Kier molecular flexibility index (Phi) is 6.66. The van der Waals surface area contributed by atoms with Crippen LogP contribution in [0.3, 0.4) is 0 Å². The molecule has 0 radical (unpaired) electrons. The second kappa shape index (κ2) is 9.17. The highest BCUT2D eigenvalue weighted by Crippen LogP contribution is 2.28. The van der Waals surface area contributed by atoms with E-state index in [0.717, 1.165) is 37.4 Å². The molecule has 0 heterocycles. The lowest BCUT2D eigenvalue weighted by molar-refractivity contribution is 0.166. The summed E-state index contributed by atoms with van der Waals surface area (Å²) < 4.78 is 0. The van der Waals surface area contributed by atoms with Crippen molar-refractivity contribution in [2.75, 3.05) is 13.1 Å². The molecule has 2 bridgehead atoms. The third-order valence-corrected chi connectivity index (χ3v) is 5.26. The van der Waals surface area contributed by atoms with Crippen LogP contribution in [-0.2, 0) is 12.8 Å². The quantitative estimate of drug-likeness (QED) is 0.499. The van der Waals surface area contributed by atoms with E-state index in [0.29, 0.717) is 0 Å². The van der Waals surface area contributed by atoms with Gasteiger partial charge in [0.2, 0.25) is 0 Å². The van der Waals surface area contributed by atoms with Crippen molar-refractivity contribution in [1.29, 1.82) is 0 Å². The molecular formula is C23H31NO. The number of benzene rings is 2. The summed E-state index contributed by atoms with van der Waals surface area (Å²) in [5.41, 5.74) is 5.26. The second-order valence-corrected chi connectivity index (χ2v) is 7.45. The Morgan fingerprint density at radius 3 is 2.32 bits per heavy atom. The van der Waals surface area contributed by atoms with E-state index >= 15 is 0 Å². The van der Waals surface area contributed by atoms with Crippen molar-refractivity contribution in [3.05, 3.63) is 70.8 Å². The van der Waals surface area contributed by atoms with E-state index in [4.69, 9.17) is 0 Å². The van der Waals surface area contributed by atoms with E-state index < -0.39 is 0 Å². The number of aliphatic hydroxyl groups excluding tert-OH is 1. The first-order valence-electron chi connectivity index (χ1n) is 9.80. The lowest BCUT2D eigenvalue weighted by Crippen LogP contribution is -2.22. The number of hydrogen-bond acceptors (Lipinski definition) is 2. The molecule has 0 spiro atoms. The van der Waals surface area contributed by atoms with Gasteiger partial charge >= 0.3 is 0 Å². The van der Waals surface area contributed by atoms with Crippen LogP contribution in [0.5, 0.6) is 0 Å². The first kappa shape index (κ1) is 18.2. The Balaban J connectivity index is 1.35. The van der Waals surface area contributed by atoms with Crippen LogP contribution < -0.4 is 5.32 Å². The van der Waals surface area contributed by atoms with Gasteiger partial charge in [-0.3, -0.25) is 0 Å². The minimum Gasteiger partial charge on any atom is -0.388 e. The van der Waals surface area contributed by atoms with Gasteiger partial charge in [0.05, 0.1) is 6.10 Å². The van der Waals surface area contributed by atoms with Crippen LogP contribution in [0.2, 0.25) is 0 Å². The average Bonchev–Trinajstić information content (AvgIpc) is 2.62. The van der Waals surface area contributed by atoms with Gasteiger partial charge in [-0.1, -0.05) is 68.3 Å². The molecule has 4 rings (SSSR count). The molecule has 0 aliphatic heterocycles. The zero-order chi connectivity index (χ0) is 17.5. The van der Waals surface area contributed by atoms with Crippen molar-refractivity contribution < 1.29 is 5.11 Å². The minimum atomic E-state index is -0.331. The topological polar surface area (TPSA) is 32.3 Å². The Morgan fingerprint density at radius 2 is 1.64 bits per heavy atom. The summed E-state index contributed by atoms with van der Waals surface area (Å²) >= 11 is 0. The molecular weight excluding hydrogens is 306 g/mol. The lowest BCUT2D eigenvalue weighted by Gasteiger charge is -2.20. The molecule has 25 heavy (non-hydrogen) atoms. The fraction of sp³-hybridized carbons (Fsp3) is 0.478. The second-order valence-electron chi connectivity index (χ2n) is 7.45. The average molecular weight is 338 g/mol. The molecule has 0 amide bonds. The van der Waals surface area contributed by atoms with Crippen LogP contribution in [0.4, 0.5) is 0 Å². The van der Waals surface area contributed by atoms with Crippen LogP contribution in [0.25, 0.3) is 0 Å². The maximum Gasteiger partial charge on any atom is 0.0802 e. The summed E-state index contributed by atoms with van der Waals surface area (Å²) in [6, 6.07) is 17.3. The highest BCUT2D eigenvalue weighted by molar-refractivity contribution is 5.42. The number of rotatable bonds is 11. The van der Waals surface area contributed by atoms with Crippen LogP contribution in [0, 0.1) is 5.92 Å². The lowest BCUT2D eigenvalue weighted by atomic mass is 9.88. The SMILES string of the molecule is CCCC(CCNCCC(O)c1cc2cc(c1)C2)Cc1ccccc1. The number of hydrogen-bond donors (Lipinski definition) is 2. The van der Waals surface area contributed by atoms with Crippen LogP contribution in [0.1, 0.15) is 61.0 Å². The van der Waals surface area contributed by atoms with Crippen molar-refractivity contribution in [3.8, 4) is 0 Å². The maximum absolute atomic E-state index is 10.3. The smallest absolute Gasteiger partial charge is 0.0802 e.